The average Bonchev–Trinajstić information content (AvgIpc) is 2.82. The van der Waals surface area contributed by atoms with Crippen LogP contribution < -0.4 is 5.32 Å². The standard InChI is InChI=1S/C15H22ClN/c1-11(13-7-3-4-8-13)17-12(2)14-9-5-6-10-15(14)16/h5-6,9-13,17H,3-4,7-8H2,1-2H3/t11-,12?/m0/s1. The third-order valence-corrected chi connectivity index (χ3v) is 4.34. The molecule has 0 spiro atoms. The van der Waals surface area contributed by atoms with E-state index in [2.05, 4.69) is 31.3 Å². The highest BCUT2D eigenvalue weighted by atomic mass is 35.5. The van der Waals surface area contributed by atoms with Crippen LogP contribution in [0.5, 0.6) is 0 Å². The monoisotopic (exact) mass is 251 g/mol. The summed E-state index contributed by atoms with van der Waals surface area (Å²) in [4.78, 5) is 0. The van der Waals surface area contributed by atoms with Crippen molar-refractivity contribution in [2.45, 2.75) is 51.6 Å². The fourth-order valence-corrected chi connectivity index (χ4v) is 3.20. The van der Waals surface area contributed by atoms with Gasteiger partial charge in [0.05, 0.1) is 0 Å². The van der Waals surface area contributed by atoms with Crippen LogP contribution in [0, 0.1) is 5.92 Å². The van der Waals surface area contributed by atoms with Crippen LogP contribution in [-0.4, -0.2) is 6.04 Å². The molecule has 1 nitrogen and oxygen atoms in total. The summed E-state index contributed by atoms with van der Waals surface area (Å²) in [6.07, 6.45) is 5.56. The smallest absolute Gasteiger partial charge is 0.0453 e. The molecular formula is C15H22ClN. The minimum Gasteiger partial charge on any atom is -0.307 e. The highest BCUT2D eigenvalue weighted by Crippen LogP contribution is 2.29. The summed E-state index contributed by atoms with van der Waals surface area (Å²) >= 11 is 6.22. The first-order valence-electron chi connectivity index (χ1n) is 6.69. The fraction of sp³-hybridized carbons (Fsp3) is 0.600. The molecule has 2 atom stereocenters. The second-order valence-electron chi connectivity index (χ2n) is 5.24. The minimum absolute atomic E-state index is 0.333. The molecule has 1 unspecified atom stereocenters. The van der Waals surface area contributed by atoms with Gasteiger partial charge in [0.15, 0.2) is 0 Å². The molecule has 0 bridgehead atoms. The van der Waals surface area contributed by atoms with Crippen LogP contribution in [0.15, 0.2) is 24.3 Å². The maximum absolute atomic E-state index is 6.22. The zero-order chi connectivity index (χ0) is 12.3. The Labute approximate surface area is 110 Å². The molecule has 0 aromatic heterocycles. The number of rotatable bonds is 4. The van der Waals surface area contributed by atoms with Crippen LogP contribution in [0.3, 0.4) is 0 Å². The molecule has 0 aliphatic heterocycles. The summed E-state index contributed by atoms with van der Waals surface area (Å²) in [6, 6.07) is 9.04. The lowest BCUT2D eigenvalue weighted by molar-refractivity contribution is 0.352. The Morgan fingerprint density at radius 3 is 2.47 bits per heavy atom. The van der Waals surface area contributed by atoms with E-state index in [9.17, 15) is 0 Å². The fourth-order valence-electron chi connectivity index (χ4n) is 2.90. The highest BCUT2D eigenvalue weighted by molar-refractivity contribution is 6.31. The van der Waals surface area contributed by atoms with E-state index in [1.165, 1.54) is 31.2 Å². The van der Waals surface area contributed by atoms with Crippen molar-refractivity contribution < 1.29 is 0 Å². The van der Waals surface area contributed by atoms with E-state index in [0.29, 0.717) is 12.1 Å². The summed E-state index contributed by atoms with van der Waals surface area (Å²) in [5.41, 5.74) is 1.21. The van der Waals surface area contributed by atoms with E-state index in [1.54, 1.807) is 0 Å². The van der Waals surface area contributed by atoms with Gasteiger partial charge < -0.3 is 5.32 Å². The van der Waals surface area contributed by atoms with Crippen molar-refractivity contribution >= 4 is 11.6 Å². The average molecular weight is 252 g/mol. The highest BCUT2D eigenvalue weighted by Gasteiger charge is 2.23. The van der Waals surface area contributed by atoms with Gasteiger partial charge in [-0.3, -0.25) is 0 Å². The molecule has 0 saturated heterocycles. The molecular weight excluding hydrogens is 230 g/mol. The van der Waals surface area contributed by atoms with E-state index in [4.69, 9.17) is 11.6 Å². The van der Waals surface area contributed by atoms with Crippen molar-refractivity contribution in [2.24, 2.45) is 5.92 Å². The van der Waals surface area contributed by atoms with Crippen molar-refractivity contribution in [1.82, 2.24) is 5.32 Å². The van der Waals surface area contributed by atoms with Crippen molar-refractivity contribution in [2.75, 3.05) is 0 Å². The molecule has 1 aliphatic carbocycles. The third-order valence-electron chi connectivity index (χ3n) is 3.99. The zero-order valence-electron chi connectivity index (χ0n) is 10.7. The van der Waals surface area contributed by atoms with Gasteiger partial charge in [-0.2, -0.15) is 0 Å². The summed E-state index contributed by atoms with van der Waals surface area (Å²) in [5.74, 6) is 0.847. The van der Waals surface area contributed by atoms with Gasteiger partial charge in [-0.1, -0.05) is 42.6 Å². The number of halogens is 1. The Kier molecular flexibility index (Phi) is 4.47. The van der Waals surface area contributed by atoms with Gasteiger partial charge >= 0.3 is 0 Å². The van der Waals surface area contributed by atoms with E-state index in [-0.39, 0.29) is 0 Å². The molecule has 0 amide bonds. The molecule has 1 N–H and O–H groups in total. The lowest BCUT2D eigenvalue weighted by Gasteiger charge is -2.25. The lowest BCUT2D eigenvalue weighted by Crippen LogP contribution is -2.34. The van der Waals surface area contributed by atoms with Crippen LogP contribution in [0.25, 0.3) is 0 Å². The third kappa shape index (κ3) is 3.23. The van der Waals surface area contributed by atoms with E-state index in [1.807, 2.05) is 12.1 Å². The largest absolute Gasteiger partial charge is 0.307 e. The number of benzene rings is 1. The Morgan fingerprint density at radius 2 is 1.82 bits per heavy atom. The molecule has 1 aliphatic rings. The minimum atomic E-state index is 0.333. The molecule has 17 heavy (non-hydrogen) atoms. The Hall–Kier alpha value is -0.530. The summed E-state index contributed by atoms with van der Waals surface area (Å²) in [6.45, 7) is 4.51. The molecule has 0 radical (unpaired) electrons. The van der Waals surface area contributed by atoms with Crippen molar-refractivity contribution in [3.8, 4) is 0 Å². The first-order valence-corrected chi connectivity index (χ1v) is 7.06. The topological polar surface area (TPSA) is 12.0 Å². The summed E-state index contributed by atoms with van der Waals surface area (Å²) < 4.78 is 0. The Morgan fingerprint density at radius 1 is 1.18 bits per heavy atom. The molecule has 2 rings (SSSR count). The molecule has 0 heterocycles. The van der Waals surface area contributed by atoms with Crippen LogP contribution in [0.1, 0.15) is 51.1 Å². The van der Waals surface area contributed by atoms with Crippen LogP contribution in [0.2, 0.25) is 5.02 Å². The van der Waals surface area contributed by atoms with Gasteiger partial charge in [0.2, 0.25) is 0 Å². The molecule has 2 heteroatoms. The molecule has 94 valence electrons. The van der Waals surface area contributed by atoms with Crippen LogP contribution >= 0.6 is 11.6 Å². The van der Waals surface area contributed by atoms with Gasteiger partial charge in [-0.25, -0.2) is 0 Å². The number of hydrogen-bond donors (Lipinski definition) is 1. The van der Waals surface area contributed by atoms with Crippen LogP contribution in [0.4, 0.5) is 0 Å². The van der Waals surface area contributed by atoms with Gasteiger partial charge in [-0.15, -0.1) is 0 Å². The van der Waals surface area contributed by atoms with Crippen LogP contribution in [-0.2, 0) is 0 Å². The summed E-state index contributed by atoms with van der Waals surface area (Å²) in [7, 11) is 0. The van der Waals surface area contributed by atoms with E-state index in [0.717, 1.165) is 10.9 Å². The Balaban J connectivity index is 1.96. The second kappa shape index (κ2) is 5.88. The Bertz CT molecular complexity index is 358. The van der Waals surface area contributed by atoms with Gasteiger partial charge in [0.1, 0.15) is 0 Å². The van der Waals surface area contributed by atoms with E-state index < -0.39 is 0 Å². The van der Waals surface area contributed by atoms with Crippen molar-refractivity contribution in [3.05, 3.63) is 34.9 Å². The first kappa shape index (κ1) is 12.9. The lowest BCUT2D eigenvalue weighted by atomic mass is 9.98. The van der Waals surface area contributed by atoms with Crippen molar-refractivity contribution in [3.63, 3.8) is 0 Å². The second-order valence-corrected chi connectivity index (χ2v) is 5.65. The maximum atomic E-state index is 6.22. The number of nitrogens with one attached hydrogen (secondary N) is 1. The number of hydrogen-bond acceptors (Lipinski definition) is 1. The maximum Gasteiger partial charge on any atom is 0.0453 e. The first-order chi connectivity index (χ1) is 8.18. The molecule has 1 fully saturated rings. The predicted molar refractivity (Wildman–Crippen MR) is 74.4 cm³/mol. The van der Waals surface area contributed by atoms with Gasteiger partial charge in [-0.05, 0) is 44.2 Å². The molecule has 1 saturated carbocycles. The van der Waals surface area contributed by atoms with Gasteiger partial charge in [0.25, 0.3) is 0 Å². The predicted octanol–water partition coefficient (Wildman–Crippen LogP) is 4.57. The SMILES string of the molecule is CC(N[C@@H](C)C1CCCC1)c1ccccc1Cl. The zero-order valence-corrected chi connectivity index (χ0v) is 11.5. The quantitative estimate of drug-likeness (QED) is 0.827. The molecule has 1 aromatic carbocycles. The van der Waals surface area contributed by atoms with E-state index >= 15 is 0 Å². The van der Waals surface area contributed by atoms with Gasteiger partial charge in [0, 0.05) is 17.1 Å². The molecule has 1 aromatic rings. The van der Waals surface area contributed by atoms with Crippen molar-refractivity contribution in [1.29, 1.82) is 0 Å². The summed E-state index contributed by atoms with van der Waals surface area (Å²) in [5, 5.41) is 4.56. The normalized spacial score (nSPS) is 20.4.